The van der Waals surface area contributed by atoms with Gasteiger partial charge in [-0.25, -0.2) is 22.0 Å². The first-order valence-electron chi connectivity index (χ1n) is 3.75. The highest BCUT2D eigenvalue weighted by Crippen LogP contribution is 2.21. The molecule has 84 valence electrons. The summed E-state index contributed by atoms with van der Waals surface area (Å²) in [7, 11) is -7.48. The van der Waals surface area contributed by atoms with Crippen molar-refractivity contribution in [1.29, 1.82) is 0 Å². The predicted octanol–water partition coefficient (Wildman–Crippen LogP) is -0.680. The molecule has 0 unspecified atom stereocenters. The third-order valence-corrected chi connectivity index (χ3v) is 3.80. The lowest BCUT2D eigenvalue weighted by molar-refractivity contribution is 0.597. The number of nitrogens with two attached hydrogens (primary N) is 2. The second-order valence-electron chi connectivity index (χ2n) is 3.02. The van der Waals surface area contributed by atoms with Gasteiger partial charge in [0.25, 0.3) is 0 Å². The first kappa shape index (κ1) is 12.0. The van der Waals surface area contributed by atoms with Crippen LogP contribution in [0.15, 0.2) is 28.0 Å². The number of rotatable bonds is 2. The Morgan fingerprint density at radius 3 is 2.07 bits per heavy atom. The Kier molecular flexibility index (Phi) is 2.77. The van der Waals surface area contributed by atoms with E-state index in [-0.39, 0.29) is 15.5 Å². The van der Waals surface area contributed by atoms with Crippen LogP contribution < -0.4 is 10.9 Å². The molecule has 6 nitrogen and oxygen atoms in total. The Morgan fingerprint density at radius 1 is 1.13 bits per heavy atom. The molecule has 1 aromatic rings. The highest BCUT2D eigenvalue weighted by molar-refractivity contribution is 7.91. The average Bonchev–Trinajstić information content (AvgIpc) is 2.00. The summed E-state index contributed by atoms with van der Waals surface area (Å²) in [6.07, 6.45) is 0.964. The second kappa shape index (κ2) is 3.47. The van der Waals surface area contributed by atoms with E-state index in [1.807, 2.05) is 0 Å². The van der Waals surface area contributed by atoms with E-state index in [9.17, 15) is 16.8 Å². The summed E-state index contributed by atoms with van der Waals surface area (Å²) in [5, 5.41) is 4.87. The van der Waals surface area contributed by atoms with E-state index in [4.69, 9.17) is 10.9 Å². The third-order valence-electron chi connectivity index (χ3n) is 1.72. The lowest BCUT2D eigenvalue weighted by atomic mass is 10.3. The van der Waals surface area contributed by atoms with Crippen LogP contribution in [0.2, 0.25) is 0 Å². The van der Waals surface area contributed by atoms with Crippen molar-refractivity contribution in [2.24, 2.45) is 5.14 Å². The minimum Gasteiger partial charge on any atom is -0.398 e. The van der Waals surface area contributed by atoms with Gasteiger partial charge in [0.15, 0.2) is 9.84 Å². The van der Waals surface area contributed by atoms with E-state index in [1.165, 1.54) is 12.1 Å². The molecule has 0 aromatic heterocycles. The monoisotopic (exact) mass is 250 g/mol. The van der Waals surface area contributed by atoms with Crippen molar-refractivity contribution in [2.75, 3.05) is 12.0 Å². The van der Waals surface area contributed by atoms with E-state index in [0.29, 0.717) is 0 Å². The van der Waals surface area contributed by atoms with Gasteiger partial charge in [-0.2, -0.15) is 0 Å². The van der Waals surface area contributed by atoms with Gasteiger partial charge in [-0.15, -0.1) is 0 Å². The highest BCUT2D eigenvalue weighted by atomic mass is 32.2. The maximum atomic E-state index is 11.1. The molecule has 1 aromatic carbocycles. The zero-order valence-electron chi connectivity index (χ0n) is 7.84. The van der Waals surface area contributed by atoms with Crippen molar-refractivity contribution in [3.8, 4) is 0 Å². The van der Waals surface area contributed by atoms with Gasteiger partial charge < -0.3 is 5.73 Å². The molecule has 0 aliphatic heterocycles. The second-order valence-corrected chi connectivity index (χ2v) is 6.56. The van der Waals surface area contributed by atoms with Gasteiger partial charge in [-0.05, 0) is 18.2 Å². The quantitative estimate of drug-likeness (QED) is 0.674. The average molecular weight is 250 g/mol. The number of sulfonamides is 1. The molecular formula is C7H10N2O4S2. The minimum atomic E-state index is -4.01. The summed E-state index contributed by atoms with van der Waals surface area (Å²) >= 11 is 0. The molecule has 0 bridgehead atoms. The Morgan fingerprint density at radius 2 is 1.67 bits per heavy atom. The standard InChI is InChI=1S/C7H10N2O4S2/c1-14(10,11)5-2-3-6(8)7(4-5)15(9,12)13/h2-4H,8H2,1H3,(H2,9,12,13). The number of sulfone groups is 1. The van der Waals surface area contributed by atoms with Crippen molar-refractivity contribution in [3.05, 3.63) is 18.2 Å². The molecular weight excluding hydrogens is 240 g/mol. The highest BCUT2D eigenvalue weighted by Gasteiger charge is 2.16. The maximum Gasteiger partial charge on any atom is 0.240 e. The van der Waals surface area contributed by atoms with Crippen LogP contribution in [0.1, 0.15) is 0 Å². The number of hydrogen-bond acceptors (Lipinski definition) is 5. The maximum absolute atomic E-state index is 11.1. The zero-order chi connectivity index (χ0) is 11.9. The lowest BCUT2D eigenvalue weighted by Crippen LogP contribution is -2.15. The van der Waals surface area contributed by atoms with Gasteiger partial charge in [-0.3, -0.25) is 0 Å². The van der Waals surface area contributed by atoms with Crippen molar-refractivity contribution in [2.45, 2.75) is 9.79 Å². The molecule has 15 heavy (non-hydrogen) atoms. The lowest BCUT2D eigenvalue weighted by Gasteiger charge is -2.05. The van der Waals surface area contributed by atoms with E-state index >= 15 is 0 Å². The molecule has 0 radical (unpaired) electrons. The molecule has 0 aliphatic carbocycles. The smallest absolute Gasteiger partial charge is 0.240 e. The molecule has 0 saturated carbocycles. The molecule has 0 amide bonds. The van der Waals surface area contributed by atoms with Crippen molar-refractivity contribution in [1.82, 2.24) is 0 Å². The molecule has 8 heteroatoms. The van der Waals surface area contributed by atoms with Crippen LogP contribution in [0.25, 0.3) is 0 Å². The topological polar surface area (TPSA) is 120 Å². The van der Waals surface area contributed by atoms with E-state index in [0.717, 1.165) is 12.3 Å². The molecule has 1 rings (SSSR count). The van der Waals surface area contributed by atoms with Crippen LogP contribution in [-0.2, 0) is 19.9 Å². The first-order valence-corrected chi connectivity index (χ1v) is 7.18. The fourth-order valence-electron chi connectivity index (χ4n) is 0.992. The van der Waals surface area contributed by atoms with Crippen LogP contribution in [-0.4, -0.2) is 23.1 Å². The van der Waals surface area contributed by atoms with Gasteiger partial charge in [0.1, 0.15) is 4.90 Å². The van der Waals surface area contributed by atoms with Gasteiger partial charge in [0, 0.05) is 6.26 Å². The van der Waals surface area contributed by atoms with E-state index in [1.54, 1.807) is 0 Å². The normalized spacial score (nSPS) is 12.7. The molecule has 0 fully saturated rings. The van der Waals surface area contributed by atoms with Crippen LogP contribution in [0, 0.1) is 0 Å². The van der Waals surface area contributed by atoms with Crippen molar-refractivity contribution in [3.63, 3.8) is 0 Å². The Labute approximate surface area is 87.9 Å². The largest absolute Gasteiger partial charge is 0.398 e. The number of anilines is 1. The molecule has 4 N–H and O–H groups in total. The molecule has 0 saturated heterocycles. The zero-order valence-corrected chi connectivity index (χ0v) is 9.47. The van der Waals surface area contributed by atoms with Crippen LogP contribution in [0.3, 0.4) is 0 Å². The predicted molar refractivity (Wildman–Crippen MR) is 55.3 cm³/mol. The summed E-state index contributed by atoms with van der Waals surface area (Å²) in [5.41, 5.74) is 5.29. The molecule has 0 atom stereocenters. The Hall–Kier alpha value is -1.12. The summed E-state index contributed by atoms with van der Waals surface area (Å²) in [6.45, 7) is 0. The van der Waals surface area contributed by atoms with Gasteiger partial charge in [0.2, 0.25) is 10.0 Å². The van der Waals surface area contributed by atoms with Crippen LogP contribution in [0.4, 0.5) is 5.69 Å². The van der Waals surface area contributed by atoms with Crippen molar-refractivity contribution >= 4 is 25.5 Å². The number of hydrogen-bond donors (Lipinski definition) is 2. The summed E-state index contributed by atoms with van der Waals surface area (Å²) in [6, 6.07) is 3.36. The Bertz CT molecular complexity index is 589. The fourth-order valence-corrected chi connectivity index (χ4v) is 2.40. The van der Waals surface area contributed by atoms with Crippen LogP contribution >= 0.6 is 0 Å². The van der Waals surface area contributed by atoms with Crippen LogP contribution in [0.5, 0.6) is 0 Å². The summed E-state index contributed by atoms with van der Waals surface area (Å²) in [5.74, 6) is 0. The third kappa shape index (κ3) is 2.67. The summed E-state index contributed by atoms with van der Waals surface area (Å²) in [4.78, 5) is -0.522. The summed E-state index contributed by atoms with van der Waals surface area (Å²) < 4.78 is 44.4. The van der Waals surface area contributed by atoms with Crippen molar-refractivity contribution < 1.29 is 16.8 Å². The van der Waals surface area contributed by atoms with Gasteiger partial charge >= 0.3 is 0 Å². The van der Waals surface area contributed by atoms with Gasteiger partial charge in [0.05, 0.1) is 10.6 Å². The first-order chi connectivity index (χ1) is 6.62. The number of primary sulfonamides is 1. The van der Waals surface area contributed by atoms with E-state index < -0.39 is 19.9 Å². The number of nitrogen functional groups attached to an aromatic ring is 1. The number of benzene rings is 1. The molecule has 0 heterocycles. The Balaban J connectivity index is 3.57. The van der Waals surface area contributed by atoms with Gasteiger partial charge in [-0.1, -0.05) is 0 Å². The van der Waals surface area contributed by atoms with E-state index in [2.05, 4.69) is 0 Å². The molecule has 0 spiro atoms. The SMILES string of the molecule is CS(=O)(=O)c1ccc(N)c(S(N)(=O)=O)c1. The minimum absolute atomic E-state index is 0.0788. The molecule has 0 aliphatic rings. The fraction of sp³-hybridized carbons (Fsp3) is 0.143.